The number of nitrogen functional groups attached to an aromatic ring is 1. The first kappa shape index (κ1) is 11.0. The lowest BCUT2D eigenvalue weighted by molar-refractivity contribution is 0.803. The van der Waals surface area contributed by atoms with Crippen LogP contribution in [0.25, 0.3) is 11.0 Å². The van der Waals surface area contributed by atoms with E-state index in [1.165, 1.54) is 6.33 Å². The molecule has 1 aromatic carbocycles. The number of imidazole rings is 1. The summed E-state index contributed by atoms with van der Waals surface area (Å²) >= 11 is 6.19. The third-order valence-corrected chi connectivity index (χ3v) is 3.02. The Hall–Kier alpha value is -2.14. The normalized spacial score (nSPS) is 10.9. The zero-order chi connectivity index (χ0) is 12.5. The molecule has 18 heavy (non-hydrogen) atoms. The van der Waals surface area contributed by atoms with Crippen LogP contribution in [0.3, 0.4) is 0 Å². The molecule has 3 aromatic rings. The van der Waals surface area contributed by atoms with Crippen molar-refractivity contribution in [2.45, 2.75) is 6.54 Å². The fraction of sp³-hybridized carbons (Fsp3) is 0.0833. The van der Waals surface area contributed by atoms with Gasteiger partial charge in [0.05, 0.1) is 28.3 Å². The molecule has 3 rings (SSSR count). The average molecular weight is 260 g/mol. The molecule has 5 nitrogen and oxygen atoms in total. The van der Waals surface area contributed by atoms with E-state index in [4.69, 9.17) is 17.3 Å². The Balaban J connectivity index is 2.14. The number of para-hydroxylation sites is 1. The summed E-state index contributed by atoms with van der Waals surface area (Å²) < 4.78 is 1.85. The molecule has 0 amide bonds. The Morgan fingerprint density at radius 1 is 1.28 bits per heavy atom. The number of halogens is 1. The van der Waals surface area contributed by atoms with Crippen molar-refractivity contribution in [3.8, 4) is 0 Å². The summed E-state index contributed by atoms with van der Waals surface area (Å²) in [5, 5.41) is 0.630. The molecule has 2 heterocycles. The number of nitrogens with two attached hydrogens (primary N) is 1. The molecule has 0 bridgehead atoms. The average Bonchev–Trinajstić information content (AvgIpc) is 2.69. The molecular weight excluding hydrogens is 250 g/mol. The molecule has 0 unspecified atom stereocenters. The largest absolute Gasteiger partial charge is 0.369 e. The van der Waals surface area contributed by atoms with Crippen LogP contribution in [0.1, 0.15) is 5.69 Å². The van der Waals surface area contributed by atoms with Crippen molar-refractivity contribution in [2.75, 3.05) is 5.73 Å². The first-order valence-corrected chi connectivity index (χ1v) is 5.78. The van der Waals surface area contributed by atoms with Crippen molar-refractivity contribution in [1.82, 2.24) is 19.5 Å². The molecule has 0 aliphatic heterocycles. The molecule has 0 saturated heterocycles. The highest BCUT2D eigenvalue weighted by Crippen LogP contribution is 2.26. The van der Waals surface area contributed by atoms with E-state index in [2.05, 4.69) is 15.0 Å². The number of aromatic nitrogens is 4. The number of fused-ring (bicyclic) bond motifs is 1. The van der Waals surface area contributed by atoms with Crippen LogP contribution < -0.4 is 5.73 Å². The highest BCUT2D eigenvalue weighted by Gasteiger charge is 2.11. The summed E-state index contributed by atoms with van der Waals surface area (Å²) in [7, 11) is 0. The summed E-state index contributed by atoms with van der Waals surface area (Å²) in [4.78, 5) is 12.3. The summed E-state index contributed by atoms with van der Waals surface area (Å²) in [6.07, 6.45) is 3.20. The van der Waals surface area contributed by atoms with Crippen LogP contribution in [-0.4, -0.2) is 19.5 Å². The Bertz CT molecular complexity index is 692. The van der Waals surface area contributed by atoms with Crippen LogP contribution in [0, 0.1) is 0 Å². The van der Waals surface area contributed by atoms with Gasteiger partial charge in [-0.15, -0.1) is 0 Å². The fourth-order valence-electron chi connectivity index (χ4n) is 1.89. The topological polar surface area (TPSA) is 69.6 Å². The summed E-state index contributed by atoms with van der Waals surface area (Å²) in [5.41, 5.74) is 8.39. The molecule has 2 aromatic heterocycles. The maximum Gasteiger partial charge on any atom is 0.201 e. The van der Waals surface area contributed by atoms with E-state index in [-0.39, 0.29) is 0 Å². The number of benzene rings is 1. The summed E-state index contributed by atoms with van der Waals surface area (Å²) in [6, 6.07) is 7.39. The minimum Gasteiger partial charge on any atom is -0.369 e. The minimum atomic E-state index is 0.428. The molecule has 0 spiro atoms. The van der Waals surface area contributed by atoms with Gasteiger partial charge in [-0.25, -0.2) is 15.0 Å². The maximum atomic E-state index is 6.19. The van der Waals surface area contributed by atoms with Gasteiger partial charge in [-0.05, 0) is 18.2 Å². The zero-order valence-electron chi connectivity index (χ0n) is 9.42. The lowest BCUT2D eigenvalue weighted by Gasteiger charge is -2.06. The Labute approximate surface area is 108 Å². The number of nitrogens with zero attached hydrogens (tertiary/aromatic N) is 4. The lowest BCUT2D eigenvalue weighted by atomic mass is 10.3. The van der Waals surface area contributed by atoms with Crippen molar-refractivity contribution in [3.05, 3.63) is 47.5 Å². The third-order valence-electron chi connectivity index (χ3n) is 2.71. The van der Waals surface area contributed by atoms with Crippen LogP contribution in [0.4, 0.5) is 5.95 Å². The molecule has 6 heteroatoms. The van der Waals surface area contributed by atoms with Crippen LogP contribution in [-0.2, 0) is 6.54 Å². The predicted molar refractivity (Wildman–Crippen MR) is 70.3 cm³/mol. The number of anilines is 1. The van der Waals surface area contributed by atoms with Gasteiger partial charge in [0, 0.05) is 6.20 Å². The zero-order valence-corrected chi connectivity index (χ0v) is 10.2. The SMILES string of the molecule is Nc1nc2cccc(Cl)c2n1Cc1ccncn1. The van der Waals surface area contributed by atoms with E-state index < -0.39 is 0 Å². The second-order valence-electron chi connectivity index (χ2n) is 3.86. The van der Waals surface area contributed by atoms with Gasteiger partial charge in [-0.1, -0.05) is 17.7 Å². The third kappa shape index (κ3) is 1.78. The van der Waals surface area contributed by atoms with Gasteiger partial charge < -0.3 is 10.3 Å². The van der Waals surface area contributed by atoms with Crippen molar-refractivity contribution in [1.29, 1.82) is 0 Å². The smallest absolute Gasteiger partial charge is 0.201 e. The minimum absolute atomic E-state index is 0.428. The molecule has 0 saturated carbocycles. The lowest BCUT2D eigenvalue weighted by Crippen LogP contribution is -2.06. The first-order chi connectivity index (χ1) is 8.75. The van der Waals surface area contributed by atoms with E-state index in [9.17, 15) is 0 Å². The highest BCUT2D eigenvalue weighted by molar-refractivity contribution is 6.35. The monoisotopic (exact) mass is 259 g/mol. The molecule has 0 fully saturated rings. The van der Waals surface area contributed by atoms with Crippen molar-refractivity contribution in [2.24, 2.45) is 0 Å². The van der Waals surface area contributed by atoms with Gasteiger partial charge in [0.1, 0.15) is 6.33 Å². The van der Waals surface area contributed by atoms with Gasteiger partial charge in [0.25, 0.3) is 0 Å². The van der Waals surface area contributed by atoms with Crippen LogP contribution in [0.15, 0.2) is 36.8 Å². The van der Waals surface area contributed by atoms with E-state index in [0.717, 1.165) is 16.7 Å². The quantitative estimate of drug-likeness (QED) is 0.765. The van der Waals surface area contributed by atoms with Crippen molar-refractivity contribution in [3.63, 3.8) is 0 Å². The second-order valence-corrected chi connectivity index (χ2v) is 4.27. The Morgan fingerprint density at radius 3 is 2.94 bits per heavy atom. The second kappa shape index (κ2) is 4.27. The molecular formula is C12H10ClN5. The van der Waals surface area contributed by atoms with E-state index >= 15 is 0 Å². The van der Waals surface area contributed by atoms with Gasteiger partial charge in [-0.2, -0.15) is 0 Å². The summed E-state index contributed by atoms with van der Waals surface area (Å²) in [6.45, 7) is 0.522. The molecule has 0 aliphatic carbocycles. The first-order valence-electron chi connectivity index (χ1n) is 5.41. The highest BCUT2D eigenvalue weighted by atomic mass is 35.5. The summed E-state index contributed by atoms with van der Waals surface area (Å²) in [5.74, 6) is 0.428. The molecule has 0 aliphatic rings. The van der Waals surface area contributed by atoms with E-state index in [1.807, 2.05) is 28.8 Å². The predicted octanol–water partition coefficient (Wildman–Crippen LogP) is 2.11. The van der Waals surface area contributed by atoms with Gasteiger partial charge in [-0.3, -0.25) is 0 Å². The van der Waals surface area contributed by atoms with Gasteiger partial charge >= 0.3 is 0 Å². The maximum absolute atomic E-state index is 6.19. The van der Waals surface area contributed by atoms with E-state index in [0.29, 0.717) is 17.5 Å². The van der Waals surface area contributed by atoms with Crippen LogP contribution in [0.2, 0.25) is 5.02 Å². The molecule has 0 radical (unpaired) electrons. The fourth-order valence-corrected chi connectivity index (χ4v) is 2.16. The molecule has 90 valence electrons. The van der Waals surface area contributed by atoms with Crippen molar-refractivity contribution < 1.29 is 0 Å². The number of hydrogen-bond acceptors (Lipinski definition) is 4. The van der Waals surface area contributed by atoms with Crippen LogP contribution in [0.5, 0.6) is 0 Å². The number of rotatable bonds is 2. The molecule has 0 atom stereocenters. The van der Waals surface area contributed by atoms with Gasteiger partial charge in [0.15, 0.2) is 0 Å². The van der Waals surface area contributed by atoms with E-state index in [1.54, 1.807) is 6.20 Å². The molecule has 2 N–H and O–H groups in total. The standard InChI is InChI=1S/C12H10ClN5/c13-9-2-1-3-10-11(9)18(12(14)17-10)6-8-4-5-15-7-16-8/h1-5,7H,6H2,(H2,14,17). The van der Waals surface area contributed by atoms with Crippen LogP contribution >= 0.6 is 11.6 Å². The Morgan fingerprint density at radius 2 is 2.17 bits per heavy atom. The number of hydrogen-bond donors (Lipinski definition) is 1. The van der Waals surface area contributed by atoms with Gasteiger partial charge in [0.2, 0.25) is 5.95 Å². The Kier molecular flexibility index (Phi) is 2.60. The van der Waals surface area contributed by atoms with Crippen molar-refractivity contribution >= 4 is 28.6 Å².